The molecule has 7 rings (SSSR count). The van der Waals surface area contributed by atoms with Crippen molar-refractivity contribution in [2.45, 2.75) is 260 Å². The van der Waals surface area contributed by atoms with Crippen LogP contribution in [0.1, 0.15) is 201 Å². The van der Waals surface area contributed by atoms with E-state index < -0.39 is 174 Å². The van der Waals surface area contributed by atoms with Gasteiger partial charge in [-0.2, -0.15) is 13.2 Å². The number of hydrogen-bond donors (Lipinski definition) is 4. The molecule has 0 aromatic rings. The number of piperidine rings is 2. The first kappa shape index (κ1) is 83.9. The third kappa shape index (κ3) is 21.9. The summed E-state index contributed by atoms with van der Waals surface area (Å²) in [5, 5.41) is 11.0. The Kier molecular flexibility index (Phi) is 31.2. The number of carbonyl (C=O) groups is 12. The van der Waals surface area contributed by atoms with Crippen LogP contribution in [-0.2, 0) is 57.5 Å². The molecule has 582 valence electrons. The number of halogens is 4. The number of likely N-dealkylation sites (tertiary alicyclic amines) is 1. The third-order valence-corrected chi connectivity index (χ3v) is 24.7. The predicted molar refractivity (Wildman–Crippen MR) is 383 cm³/mol. The molecule has 0 radical (unpaired) electrons. The molecule has 3 saturated heterocycles. The van der Waals surface area contributed by atoms with Crippen LogP contribution in [0.2, 0.25) is 0 Å². The molecule has 0 aromatic heterocycles. The van der Waals surface area contributed by atoms with Crippen molar-refractivity contribution in [1.82, 2.24) is 65.4 Å². The minimum absolute atomic E-state index is 0.00959. The Labute approximate surface area is 613 Å². The Hall–Kier alpha value is -6.32. The molecule has 4 saturated carbocycles. The third-order valence-electron chi connectivity index (χ3n) is 24.2. The van der Waals surface area contributed by atoms with Gasteiger partial charge in [0, 0.05) is 74.8 Å². The summed E-state index contributed by atoms with van der Waals surface area (Å²) in [5.41, 5.74) is -1.59. The average molecular weight is 1480 g/mol. The standard InChI is InChI=1S/C74H121ClF3N13O12/c1-12-47(2)63-70(101)85(6)45-61(94)83(4)46-62(95)87(8)57(40-49-25-16-13-17-26-49)68(99)84(5)44-59(92)80-55(33-31-50-30-32-53(54(75)39-50)74(76,77)78)67(98)88(9)56(41-51-27-24-36-79-43-51)66(97)82-73(34-20-21-35-73)72(103)90(11)64(52-28-18-14-19-29-52)71(102)89(10)58(69(100)91-37-22-15-23-38-91)42-60(93)86(7)48(3)65(96)81-63/h47-58,63-64,79H,12-46H2,1-11H3,(H,80,92)(H,81,96)(H,82,97)/t47-,48-,50?,51?,53?,54?,55-,56-,57-,58-,63-,64-/m0/s1. The van der Waals surface area contributed by atoms with Crippen molar-refractivity contribution >= 4 is 82.5 Å². The largest absolute Gasteiger partial charge is 0.393 e. The summed E-state index contributed by atoms with van der Waals surface area (Å²) in [6, 6.07) is -8.75. The minimum atomic E-state index is -4.52. The van der Waals surface area contributed by atoms with Crippen LogP contribution in [0.25, 0.3) is 0 Å². The second-order valence-electron chi connectivity index (χ2n) is 31.5. The Morgan fingerprint density at radius 1 is 0.573 bits per heavy atom. The molecule has 0 bridgehead atoms. The number of likely N-dealkylation sites (N-methyl/N-ethyl adjacent to an activating group) is 8. The molecule has 7 fully saturated rings. The Morgan fingerprint density at radius 2 is 1.17 bits per heavy atom. The van der Waals surface area contributed by atoms with E-state index in [0.29, 0.717) is 71.0 Å². The van der Waals surface area contributed by atoms with Crippen molar-refractivity contribution in [3.05, 3.63) is 0 Å². The van der Waals surface area contributed by atoms with E-state index in [1.165, 1.54) is 92.7 Å². The summed E-state index contributed by atoms with van der Waals surface area (Å²) >= 11 is 6.46. The van der Waals surface area contributed by atoms with Gasteiger partial charge in [0.15, 0.2) is 0 Å². The summed E-state index contributed by atoms with van der Waals surface area (Å²) < 4.78 is 42.4. The number of hydrogen-bond acceptors (Lipinski definition) is 13. The average Bonchev–Trinajstić information content (AvgIpc) is 1.73. The van der Waals surface area contributed by atoms with Gasteiger partial charge in [0.25, 0.3) is 0 Å². The summed E-state index contributed by atoms with van der Waals surface area (Å²) in [6.07, 6.45) is 8.65. The topological polar surface area (TPSA) is 282 Å². The zero-order chi connectivity index (χ0) is 75.8. The first-order valence-corrected chi connectivity index (χ1v) is 38.8. The van der Waals surface area contributed by atoms with Crippen LogP contribution in [0.4, 0.5) is 13.2 Å². The second-order valence-corrected chi connectivity index (χ2v) is 32.1. The van der Waals surface area contributed by atoms with E-state index in [4.69, 9.17) is 11.6 Å². The first-order valence-electron chi connectivity index (χ1n) is 38.4. The number of carbonyl (C=O) groups excluding carboxylic acids is 12. The molecular weight excluding hydrogens is 1360 g/mol. The number of nitrogens with zero attached hydrogens (tertiary/aromatic N) is 9. The molecule has 4 unspecified atom stereocenters. The van der Waals surface area contributed by atoms with Crippen LogP contribution in [0, 0.1) is 35.5 Å². The molecule has 7 aliphatic rings. The van der Waals surface area contributed by atoms with E-state index in [0.717, 1.165) is 80.6 Å². The maximum atomic E-state index is 15.9. The molecule has 1 spiro atoms. The monoisotopic (exact) mass is 1480 g/mol. The fraction of sp³-hybridized carbons (Fsp3) is 0.838. The lowest BCUT2D eigenvalue weighted by Crippen LogP contribution is -2.65. The Morgan fingerprint density at radius 3 is 1.77 bits per heavy atom. The van der Waals surface area contributed by atoms with E-state index >= 15 is 24.0 Å². The van der Waals surface area contributed by atoms with Crippen molar-refractivity contribution in [2.24, 2.45) is 35.5 Å². The normalized spacial score (nSPS) is 30.6. The molecule has 3 heterocycles. The van der Waals surface area contributed by atoms with Crippen molar-refractivity contribution < 1.29 is 70.7 Å². The van der Waals surface area contributed by atoms with Crippen molar-refractivity contribution in [3.63, 3.8) is 0 Å². The molecule has 25 nitrogen and oxygen atoms in total. The van der Waals surface area contributed by atoms with Gasteiger partial charge in [0.05, 0.1) is 32.0 Å². The molecule has 3 aliphatic heterocycles. The van der Waals surface area contributed by atoms with Gasteiger partial charge in [0.2, 0.25) is 70.9 Å². The van der Waals surface area contributed by atoms with Gasteiger partial charge in [-0.25, -0.2) is 0 Å². The highest BCUT2D eigenvalue weighted by molar-refractivity contribution is 6.21. The Bertz CT molecular complexity index is 2960. The van der Waals surface area contributed by atoms with E-state index in [9.17, 15) is 46.7 Å². The summed E-state index contributed by atoms with van der Waals surface area (Å²) in [5.74, 6) is -10.7. The highest BCUT2D eigenvalue weighted by Gasteiger charge is 2.52. The van der Waals surface area contributed by atoms with Crippen molar-refractivity contribution in [2.75, 3.05) is 102 Å². The van der Waals surface area contributed by atoms with Gasteiger partial charge in [0.1, 0.15) is 47.8 Å². The van der Waals surface area contributed by atoms with Gasteiger partial charge >= 0.3 is 6.18 Å². The second kappa shape index (κ2) is 38.3. The number of nitrogens with one attached hydrogen (secondary N) is 4. The number of amides is 12. The van der Waals surface area contributed by atoms with Crippen LogP contribution in [0.15, 0.2) is 0 Å². The van der Waals surface area contributed by atoms with E-state index in [2.05, 4.69) is 21.3 Å². The highest BCUT2D eigenvalue weighted by atomic mass is 35.5. The van der Waals surface area contributed by atoms with Crippen LogP contribution >= 0.6 is 11.6 Å². The van der Waals surface area contributed by atoms with Gasteiger partial charge in [-0.3, -0.25) is 57.5 Å². The summed E-state index contributed by atoms with van der Waals surface area (Å²) in [4.78, 5) is 191. The summed E-state index contributed by atoms with van der Waals surface area (Å²) in [6.45, 7) is 5.41. The molecule has 4 aliphatic carbocycles. The van der Waals surface area contributed by atoms with Gasteiger partial charge in [-0.15, -0.1) is 11.6 Å². The molecule has 103 heavy (non-hydrogen) atoms. The maximum Gasteiger partial charge on any atom is 0.393 e. The molecule has 29 heteroatoms. The molecule has 12 amide bonds. The summed E-state index contributed by atoms with van der Waals surface area (Å²) in [7, 11) is 11.5. The van der Waals surface area contributed by atoms with Gasteiger partial charge in [-0.1, -0.05) is 84.5 Å². The SMILES string of the molecule is CC[C@H](C)[C@@H]1NC(=O)[C@H](C)N(C)C(=O)C[C@@H](C(=O)N2CCCCC2)N(C)C(=O)[C@H](C2CCCCC2)N(C)C(=O)C2(CCCC2)NC(=O)[C@H](CC2CCCNC2)N(C)C(=O)[C@H](CCC2CCC(C(F)(F)F)C(Cl)C2)NC(=O)CN(C)C(=O)[C@H](CC2CCCCC2)N(C)C(=O)CN(C)C(=O)CN(C)C1=O. The van der Waals surface area contributed by atoms with E-state index in [1.54, 1.807) is 11.8 Å². The quantitative estimate of drug-likeness (QED) is 0.181. The smallest absolute Gasteiger partial charge is 0.343 e. The first-order chi connectivity index (χ1) is 48.7. The van der Waals surface area contributed by atoms with Crippen molar-refractivity contribution in [1.29, 1.82) is 0 Å². The zero-order valence-electron chi connectivity index (χ0n) is 63.3. The number of alkyl halides is 4. The van der Waals surface area contributed by atoms with E-state index in [-0.39, 0.29) is 75.5 Å². The maximum absolute atomic E-state index is 15.9. The molecular formula is C74H121ClF3N13O12. The van der Waals surface area contributed by atoms with Gasteiger partial charge in [-0.05, 0) is 152 Å². The van der Waals surface area contributed by atoms with Crippen LogP contribution in [-0.4, -0.2) is 277 Å². The highest BCUT2D eigenvalue weighted by Crippen LogP contribution is 2.44. The minimum Gasteiger partial charge on any atom is -0.343 e. The Balaban J connectivity index is 1.29. The number of rotatable bonds is 11. The lowest BCUT2D eigenvalue weighted by molar-refractivity contribution is -0.182. The molecule has 4 N–H and O–H groups in total. The lowest BCUT2D eigenvalue weighted by Gasteiger charge is -2.44. The predicted octanol–water partition coefficient (Wildman–Crippen LogP) is 5.68. The zero-order valence-corrected chi connectivity index (χ0v) is 64.0. The van der Waals surface area contributed by atoms with Crippen LogP contribution in [0.5, 0.6) is 0 Å². The van der Waals surface area contributed by atoms with Crippen molar-refractivity contribution in [3.8, 4) is 0 Å². The fourth-order valence-corrected chi connectivity index (χ4v) is 17.5. The van der Waals surface area contributed by atoms with Crippen LogP contribution in [0.3, 0.4) is 0 Å². The van der Waals surface area contributed by atoms with Gasteiger partial charge < -0.3 is 65.4 Å². The fourth-order valence-electron chi connectivity index (χ4n) is 17.0. The van der Waals surface area contributed by atoms with E-state index in [1.807, 2.05) is 6.92 Å². The lowest BCUT2D eigenvalue weighted by atomic mass is 9.78. The molecule has 12 atom stereocenters. The van der Waals surface area contributed by atoms with Crippen LogP contribution < -0.4 is 21.3 Å². The molecule has 0 aromatic carbocycles.